The molecule has 1 aliphatic carbocycles. The Bertz CT molecular complexity index is 1130. The Morgan fingerprint density at radius 2 is 1.77 bits per heavy atom. The van der Waals surface area contributed by atoms with E-state index in [1.165, 1.54) is 18.3 Å². The van der Waals surface area contributed by atoms with Crippen LogP contribution in [0.5, 0.6) is 11.5 Å². The van der Waals surface area contributed by atoms with Crippen molar-refractivity contribution in [1.82, 2.24) is 5.32 Å². The van der Waals surface area contributed by atoms with Gasteiger partial charge < -0.3 is 19.2 Å². The zero-order valence-electron chi connectivity index (χ0n) is 20.5. The van der Waals surface area contributed by atoms with Crippen molar-refractivity contribution in [3.8, 4) is 11.5 Å². The predicted octanol–water partition coefficient (Wildman–Crippen LogP) is 5.31. The van der Waals surface area contributed by atoms with Gasteiger partial charge in [-0.2, -0.15) is 0 Å². The molecule has 1 aliphatic rings. The second kappa shape index (κ2) is 11.1. The van der Waals surface area contributed by atoms with Gasteiger partial charge in [0.05, 0.1) is 20.5 Å². The van der Waals surface area contributed by atoms with Crippen LogP contribution in [0.3, 0.4) is 0 Å². The molecule has 3 aromatic rings. The summed E-state index contributed by atoms with van der Waals surface area (Å²) >= 11 is 0. The quantitative estimate of drug-likeness (QED) is 0.453. The number of methoxy groups -OCH3 is 2. The van der Waals surface area contributed by atoms with Crippen molar-refractivity contribution in [3.63, 3.8) is 0 Å². The number of furan rings is 1. The van der Waals surface area contributed by atoms with Crippen LogP contribution < -0.4 is 19.7 Å². The molecule has 1 aromatic heterocycles. The molecule has 0 unspecified atom stereocenters. The van der Waals surface area contributed by atoms with Gasteiger partial charge in [-0.1, -0.05) is 44.0 Å². The first-order valence-corrected chi connectivity index (χ1v) is 12.0. The van der Waals surface area contributed by atoms with Crippen molar-refractivity contribution in [2.45, 2.75) is 51.1 Å². The second-order valence-corrected chi connectivity index (χ2v) is 8.65. The van der Waals surface area contributed by atoms with Crippen LogP contribution in [0.1, 0.15) is 60.3 Å². The number of carbonyl (C=O) groups is 2. The van der Waals surface area contributed by atoms with Crippen molar-refractivity contribution in [2.24, 2.45) is 0 Å². The van der Waals surface area contributed by atoms with E-state index in [2.05, 4.69) is 12.2 Å². The van der Waals surface area contributed by atoms with E-state index in [-0.39, 0.29) is 17.7 Å². The van der Waals surface area contributed by atoms with Gasteiger partial charge in [-0.3, -0.25) is 14.5 Å². The van der Waals surface area contributed by atoms with Crippen molar-refractivity contribution in [1.29, 1.82) is 0 Å². The summed E-state index contributed by atoms with van der Waals surface area (Å²) in [6.07, 6.45) is 6.31. The maximum Gasteiger partial charge on any atom is 0.294 e. The van der Waals surface area contributed by atoms with E-state index >= 15 is 0 Å². The van der Waals surface area contributed by atoms with Gasteiger partial charge in [0.1, 0.15) is 6.04 Å². The molecule has 1 saturated carbocycles. The fourth-order valence-corrected chi connectivity index (χ4v) is 4.67. The van der Waals surface area contributed by atoms with Crippen LogP contribution in [0.15, 0.2) is 65.3 Å². The van der Waals surface area contributed by atoms with Crippen LogP contribution in [0.4, 0.5) is 5.69 Å². The zero-order chi connectivity index (χ0) is 24.8. The third-order valence-electron chi connectivity index (χ3n) is 6.51. The zero-order valence-corrected chi connectivity index (χ0v) is 20.5. The average molecular weight is 477 g/mol. The molecule has 1 heterocycles. The first-order chi connectivity index (χ1) is 17.1. The third-order valence-corrected chi connectivity index (χ3v) is 6.51. The van der Waals surface area contributed by atoms with Crippen molar-refractivity contribution < 1.29 is 23.5 Å². The molecule has 0 bridgehead atoms. The van der Waals surface area contributed by atoms with Gasteiger partial charge in [-0.05, 0) is 55.2 Å². The summed E-state index contributed by atoms with van der Waals surface area (Å²) in [4.78, 5) is 29.3. The van der Waals surface area contributed by atoms with E-state index in [1.807, 2.05) is 24.3 Å². The van der Waals surface area contributed by atoms with Crippen LogP contribution >= 0.6 is 0 Å². The molecule has 7 heteroatoms. The predicted molar refractivity (Wildman–Crippen MR) is 134 cm³/mol. The largest absolute Gasteiger partial charge is 0.493 e. The Labute approximate surface area is 206 Å². The number of nitrogens with zero attached hydrogens (tertiary/aromatic N) is 1. The molecule has 4 rings (SSSR count). The molecule has 2 amide bonds. The molecule has 0 spiro atoms. The summed E-state index contributed by atoms with van der Waals surface area (Å²) in [5.74, 6) is 0.336. The van der Waals surface area contributed by atoms with Crippen LogP contribution in [0.2, 0.25) is 0 Å². The molecule has 184 valence electrons. The summed E-state index contributed by atoms with van der Waals surface area (Å²) in [5.41, 5.74) is 2.24. The molecular formula is C28H32N2O5. The van der Waals surface area contributed by atoms with Crippen molar-refractivity contribution >= 4 is 17.5 Å². The Kier molecular flexibility index (Phi) is 7.75. The van der Waals surface area contributed by atoms with Gasteiger partial charge in [0.2, 0.25) is 5.91 Å². The lowest BCUT2D eigenvalue weighted by molar-refractivity contribution is -0.123. The van der Waals surface area contributed by atoms with E-state index in [0.29, 0.717) is 22.7 Å². The second-order valence-electron chi connectivity index (χ2n) is 8.65. The van der Waals surface area contributed by atoms with Crippen molar-refractivity contribution in [2.75, 3.05) is 19.1 Å². The minimum atomic E-state index is -1.01. The lowest BCUT2D eigenvalue weighted by Crippen LogP contribution is -2.46. The number of carbonyl (C=O) groups excluding carboxylic acids is 2. The first-order valence-electron chi connectivity index (χ1n) is 12.0. The minimum absolute atomic E-state index is 0.0737. The van der Waals surface area contributed by atoms with E-state index in [4.69, 9.17) is 13.9 Å². The number of benzene rings is 2. The minimum Gasteiger partial charge on any atom is -0.493 e. The smallest absolute Gasteiger partial charge is 0.294 e. The molecule has 1 fully saturated rings. The van der Waals surface area contributed by atoms with E-state index in [1.54, 1.807) is 37.4 Å². The number of hydrogen-bond acceptors (Lipinski definition) is 5. The molecule has 0 saturated heterocycles. The van der Waals surface area contributed by atoms with Gasteiger partial charge in [0.25, 0.3) is 5.91 Å². The highest BCUT2D eigenvalue weighted by Gasteiger charge is 2.38. The highest BCUT2D eigenvalue weighted by atomic mass is 16.5. The van der Waals surface area contributed by atoms with Gasteiger partial charge in [-0.15, -0.1) is 0 Å². The topological polar surface area (TPSA) is 81.0 Å². The number of anilines is 1. The normalized spacial score (nSPS) is 14.4. The molecule has 0 aliphatic heterocycles. The Balaban J connectivity index is 1.88. The van der Waals surface area contributed by atoms with Crippen molar-refractivity contribution in [3.05, 3.63) is 77.7 Å². The van der Waals surface area contributed by atoms with Gasteiger partial charge in [-0.25, -0.2) is 0 Å². The van der Waals surface area contributed by atoms with E-state index < -0.39 is 11.9 Å². The van der Waals surface area contributed by atoms with Crippen LogP contribution in [-0.4, -0.2) is 32.1 Å². The highest BCUT2D eigenvalue weighted by Crippen LogP contribution is 2.40. The first kappa shape index (κ1) is 24.4. The standard InChI is InChI=1S/C28H32N2O5/c1-4-19-14-16-21(17-15-19)30(28(32)24-13-8-18-35-24)25(27(31)29-20-9-5-6-10-20)22-11-7-12-23(33-2)26(22)34-3/h7-8,11-18,20,25H,4-6,9-10H2,1-3H3,(H,29,31)/t25-/m1/s1. The number of aryl methyl sites for hydroxylation is 1. The number of ether oxygens (including phenoxy) is 2. The Morgan fingerprint density at radius 1 is 1.03 bits per heavy atom. The molecule has 7 nitrogen and oxygen atoms in total. The van der Waals surface area contributed by atoms with Crippen LogP contribution in [0.25, 0.3) is 0 Å². The lowest BCUT2D eigenvalue weighted by Gasteiger charge is -2.32. The molecule has 35 heavy (non-hydrogen) atoms. The van der Waals surface area contributed by atoms with Crippen LogP contribution in [-0.2, 0) is 11.2 Å². The number of nitrogens with one attached hydrogen (secondary N) is 1. The third kappa shape index (κ3) is 5.19. The molecular weight excluding hydrogens is 444 g/mol. The Hall–Kier alpha value is -3.74. The fraction of sp³-hybridized carbons (Fsp3) is 0.357. The maximum atomic E-state index is 13.9. The molecule has 1 atom stereocenters. The number of rotatable bonds is 9. The highest BCUT2D eigenvalue weighted by molar-refractivity contribution is 6.09. The molecule has 2 aromatic carbocycles. The molecule has 0 radical (unpaired) electrons. The monoisotopic (exact) mass is 476 g/mol. The summed E-state index contributed by atoms with van der Waals surface area (Å²) in [6, 6.07) is 15.3. The van der Waals surface area contributed by atoms with Gasteiger partial charge in [0.15, 0.2) is 17.3 Å². The van der Waals surface area contributed by atoms with Gasteiger partial charge in [0, 0.05) is 17.3 Å². The molecule has 1 N–H and O–H groups in total. The summed E-state index contributed by atoms with van der Waals surface area (Å²) < 4.78 is 16.7. The number of hydrogen-bond donors (Lipinski definition) is 1. The Morgan fingerprint density at radius 3 is 2.37 bits per heavy atom. The maximum absolute atomic E-state index is 13.9. The average Bonchev–Trinajstić information content (AvgIpc) is 3.61. The summed E-state index contributed by atoms with van der Waals surface area (Å²) in [5, 5.41) is 3.18. The lowest BCUT2D eigenvalue weighted by atomic mass is 9.99. The number of para-hydroxylation sites is 1. The van der Waals surface area contributed by atoms with E-state index in [9.17, 15) is 9.59 Å². The summed E-state index contributed by atoms with van der Waals surface area (Å²) in [6.45, 7) is 2.07. The van der Waals surface area contributed by atoms with E-state index in [0.717, 1.165) is 37.7 Å². The summed E-state index contributed by atoms with van der Waals surface area (Å²) in [7, 11) is 3.08. The van der Waals surface area contributed by atoms with Gasteiger partial charge >= 0.3 is 0 Å². The number of amides is 2. The fourth-order valence-electron chi connectivity index (χ4n) is 4.67. The SMILES string of the molecule is CCc1ccc(N(C(=O)c2ccco2)[C@@H](C(=O)NC2CCCC2)c2cccc(OC)c2OC)cc1. The van der Waals surface area contributed by atoms with Crippen LogP contribution in [0, 0.1) is 0 Å².